The molecule has 1 rings (SSSR count). The largest absolute Gasteiger partial charge is 0.392 e. The second-order valence-electron chi connectivity index (χ2n) is 3.71. The minimum Gasteiger partial charge on any atom is -0.392 e. The van der Waals surface area contributed by atoms with Gasteiger partial charge in [-0.25, -0.2) is 21.6 Å². The monoisotopic (exact) mass is 317 g/mol. The van der Waals surface area contributed by atoms with Gasteiger partial charge in [0.15, 0.2) is 0 Å². The minimum absolute atomic E-state index is 0.134. The van der Waals surface area contributed by atoms with Crippen LogP contribution in [-0.2, 0) is 16.6 Å². The summed E-state index contributed by atoms with van der Waals surface area (Å²) in [6.45, 7) is -1.68. The van der Waals surface area contributed by atoms with Gasteiger partial charge < -0.3 is 5.11 Å². The van der Waals surface area contributed by atoms with Crippen molar-refractivity contribution in [2.24, 2.45) is 0 Å². The molecule has 0 heterocycles. The van der Waals surface area contributed by atoms with E-state index in [0.29, 0.717) is 10.4 Å². The Kier molecular flexibility index (Phi) is 5.19. The van der Waals surface area contributed by atoms with Gasteiger partial charge in [0.05, 0.1) is 23.1 Å². The number of benzene rings is 1. The standard InChI is InChI=1S/C10H11ClF3NO3S/c1-15(4-9(13)14)19(17,18)7-2-6(5-16)10(11)8(12)3-7/h2-3,9,16H,4-5H2,1H3. The first-order valence-electron chi connectivity index (χ1n) is 5.03. The molecule has 0 saturated carbocycles. The van der Waals surface area contributed by atoms with E-state index >= 15 is 0 Å². The van der Waals surface area contributed by atoms with Crippen molar-refractivity contribution in [1.29, 1.82) is 0 Å². The van der Waals surface area contributed by atoms with Crippen molar-refractivity contribution in [3.63, 3.8) is 0 Å². The molecule has 9 heteroatoms. The van der Waals surface area contributed by atoms with Gasteiger partial charge >= 0.3 is 0 Å². The Morgan fingerprint density at radius 3 is 2.47 bits per heavy atom. The van der Waals surface area contributed by atoms with Crippen LogP contribution < -0.4 is 0 Å². The second-order valence-corrected chi connectivity index (χ2v) is 6.14. The Labute approximate surface area is 113 Å². The highest BCUT2D eigenvalue weighted by atomic mass is 35.5. The van der Waals surface area contributed by atoms with Crippen LogP contribution in [-0.4, -0.2) is 37.8 Å². The summed E-state index contributed by atoms with van der Waals surface area (Å²) >= 11 is 5.52. The molecule has 0 unspecified atom stereocenters. The molecule has 19 heavy (non-hydrogen) atoms. The van der Waals surface area contributed by atoms with Gasteiger partial charge in [-0.05, 0) is 12.1 Å². The van der Waals surface area contributed by atoms with Crippen molar-refractivity contribution in [1.82, 2.24) is 4.31 Å². The van der Waals surface area contributed by atoms with Crippen LogP contribution in [0.15, 0.2) is 17.0 Å². The van der Waals surface area contributed by atoms with Gasteiger partial charge in [0, 0.05) is 12.6 Å². The van der Waals surface area contributed by atoms with E-state index in [1.54, 1.807) is 0 Å². The number of halogens is 4. The van der Waals surface area contributed by atoms with Crippen molar-refractivity contribution < 1.29 is 26.7 Å². The number of aliphatic hydroxyl groups excluding tert-OH is 1. The third-order valence-electron chi connectivity index (χ3n) is 2.35. The van der Waals surface area contributed by atoms with Crippen molar-refractivity contribution in [2.45, 2.75) is 17.9 Å². The van der Waals surface area contributed by atoms with E-state index in [4.69, 9.17) is 16.7 Å². The molecule has 0 atom stereocenters. The van der Waals surface area contributed by atoms with Crippen LogP contribution in [0.4, 0.5) is 13.2 Å². The summed E-state index contributed by atoms with van der Waals surface area (Å²) in [5.74, 6) is -1.04. The zero-order valence-electron chi connectivity index (χ0n) is 9.78. The molecule has 4 nitrogen and oxygen atoms in total. The van der Waals surface area contributed by atoms with E-state index in [1.807, 2.05) is 0 Å². The smallest absolute Gasteiger partial charge is 0.252 e. The predicted molar refractivity (Wildman–Crippen MR) is 63.2 cm³/mol. The summed E-state index contributed by atoms with van der Waals surface area (Å²) in [6, 6.07) is 1.57. The molecule has 1 N–H and O–H groups in total. The van der Waals surface area contributed by atoms with Crippen molar-refractivity contribution in [3.8, 4) is 0 Å². The van der Waals surface area contributed by atoms with Crippen LogP contribution in [0.1, 0.15) is 5.56 Å². The SMILES string of the molecule is CN(CC(F)F)S(=O)(=O)c1cc(F)c(Cl)c(CO)c1. The zero-order chi connectivity index (χ0) is 14.8. The fourth-order valence-electron chi connectivity index (χ4n) is 1.35. The highest BCUT2D eigenvalue weighted by Gasteiger charge is 2.25. The molecule has 0 aliphatic carbocycles. The quantitative estimate of drug-likeness (QED) is 0.902. The molecular weight excluding hydrogens is 307 g/mol. The van der Waals surface area contributed by atoms with Crippen LogP contribution in [0.3, 0.4) is 0 Å². The van der Waals surface area contributed by atoms with E-state index in [0.717, 1.165) is 13.1 Å². The first-order valence-corrected chi connectivity index (χ1v) is 6.85. The molecular formula is C10H11ClF3NO3S. The third-order valence-corrected chi connectivity index (χ3v) is 4.58. The molecule has 0 aromatic heterocycles. The van der Waals surface area contributed by atoms with E-state index < -0.39 is 45.3 Å². The molecule has 108 valence electrons. The van der Waals surface area contributed by atoms with Crippen LogP contribution >= 0.6 is 11.6 Å². The van der Waals surface area contributed by atoms with Crippen molar-refractivity contribution >= 4 is 21.6 Å². The predicted octanol–water partition coefficient (Wildman–Crippen LogP) is 1.86. The normalized spacial score (nSPS) is 12.4. The fourth-order valence-corrected chi connectivity index (χ4v) is 2.74. The second kappa shape index (κ2) is 6.08. The molecule has 1 aromatic carbocycles. The number of hydrogen-bond acceptors (Lipinski definition) is 3. The summed E-state index contributed by atoms with van der Waals surface area (Å²) in [5.41, 5.74) is -0.134. The maximum atomic E-state index is 13.4. The zero-order valence-corrected chi connectivity index (χ0v) is 11.3. The number of aliphatic hydroxyl groups is 1. The van der Waals surface area contributed by atoms with Crippen molar-refractivity contribution in [2.75, 3.05) is 13.6 Å². The number of alkyl halides is 2. The Hall–Kier alpha value is -0.830. The van der Waals surface area contributed by atoms with E-state index in [2.05, 4.69) is 0 Å². The van der Waals surface area contributed by atoms with Gasteiger partial charge in [0.1, 0.15) is 5.82 Å². The molecule has 1 aromatic rings. The first-order chi connectivity index (χ1) is 8.70. The number of rotatable bonds is 5. The number of nitrogens with zero attached hydrogens (tertiary/aromatic N) is 1. The molecule has 0 aliphatic heterocycles. The molecule has 0 aliphatic rings. The lowest BCUT2D eigenvalue weighted by atomic mass is 10.2. The van der Waals surface area contributed by atoms with Gasteiger partial charge in [-0.1, -0.05) is 11.6 Å². The van der Waals surface area contributed by atoms with E-state index in [1.165, 1.54) is 0 Å². The van der Waals surface area contributed by atoms with Gasteiger partial charge in [0.25, 0.3) is 6.43 Å². The summed E-state index contributed by atoms with van der Waals surface area (Å²) in [4.78, 5) is -0.540. The molecule has 0 radical (unpaired) electrons. The number of hydrogen-bond donors (Lipinski definition) is 1. The van der Waals surface area contributed by atoms with Crippen LogP contribution in [0, 0.1) is 5.82 Å². The van der Waals surface area contributed by atoms with Gasteiger partial charge in [0.2, 0.25) is 10.0 Å². The minimum atomic E-state index is -4.26. The van der Waals surface area contributed by atoms with Crippen LogP contribution in [0.5, 0.6) is 0 Å². The Balaban J connectivity index is 3.26. The average molecular weight is 318 g/mol. The van der Waals surface area contributed by atoms with Gasteiger partial charge in [-0.3, -0.25) is 0 Å². The maximum Gasteiger partial charge on any atom is 0.252 e. The van der Waals surface area contributed by atoms with Crippen molar-refractivity contribution in [3.05, 3.63) is 28.5 Å². The summed E-state index contributed by atoms with van der Waals surface area (Å²) in [6.07, 6.45) is -2.85. The lowest BCUT2D eigenvalue weighted by Crippen LogP contribution is -2.31. The summed E-state index contributed by atoms with van der Waals surface area (Å²) in [7, 11) is -3.31. The first kappa shape index (κ1) is 16.2. The average Bonchev–Trinajstić information content (AvgIpc) is 2.31. The molecule has 0 saturated heterocycles. The molecule has 0 amide bonds. The molecule has 0 bridgehead atoms. The summed E-state index contributed by atoms with van der Waals surface area (Å²) in [5, 5.41) is 8.53. The van der Waals surface area contributed by atoms with Gasteiger partial charge in [-0.2, -0.15) is 4.31 Å². The van der Waals surface area contributed by atoms with Gasteiger partial charge in [-0.15, -0.1) is 0 Å². The molecule has 0 spiro atoms. The third kappa shape index (κ3) is 3.59. The van der Waals surface area contributed by atoms with E-state index in [-0.39, 0.29) is 5.56 Å². The highest BCUT2D eigenvalue weighted by Crippen LogP contribution is 2.26. The lowest BCUT2D eigenvalue weighted by Gasteiger charge is -2.17. The topological polar surface area (TPSA) is 57.6 Å². The Bertz CT molecular complexity index is 565. The fraction of sp³-hybridized carbons (Fsp3) is 0.400. The Morgan fingerprint density at radius 2 is 2.00 bits per heavy atom. The summed E-state index contributed by atoms with van der Waals surface area (Å²) < 4.78 is 62.0. The maximum absolute atomic E-state index is 13.4. The number of sulfonamides is 1. The lowest BCUT2D eigenvalue weighted by molar-refractivity contribution is 0.126. The highest BCUT2D eigenvalue weighted by molar-refractivity contribution is 7.89. The van der Waals surface area contributed by atoms with E-state index in [9.17, 15) is 21.6 Å². The molecule has 0 fully saturated rings. The van der Waals surface area contributed by atoms with Crippen LogP contribution in [0.2, 0.25) is 5.02 Å². The Morgan fingerprint density at radius 1 is 1.42 bits per heavy atom. The van der Waals surface area contributed by atoms with Crippen LogP contribution in [0.25, 0.3) is 0 Å².